The van der Waals surface area contributed by atoms with E-state index in [0.29, 0.717) is 25.6 Å². The zero-order chi connectivity index (χ0) is 17.9. The quantitative estimate of drug-likeness (QED) is 0.899. The van der Waals surface area contributed by atoms with Crippen LogP contribution in [0.1, 0.15) is 26.3 Å². The lowest BCUT2D eigenvalue weighted by Crippen LogP contribution is -2.34. The van der Waals surface area contributed by atoms with E-state index in [-0.39, 0.29) is 5.91 Å². The van der Waals surface area contributed by atoms with E-state index in [0.717, 1.165) is 22.7 Å². The third-order valence-corrected chi connectivity index (χ3v) is 4.25. The summed E-state index contributed by atoms with van der Waals surface area (Å²) < 4.78 is 16.6. The van der Waals surface area contributed by atoms with Crippen molar-refractivity contribution in [1.29, 1.82) is 0 Å². The lowest BCUT2D eigenvalue weighted by molar-refractivity contribution is -0.120. The molecular formula is C20H23NO4. The Morgan fingerprint density at radius 3 is 2.44 bits per heavy atom. The van der Waals surface area contributed by atoms with Crippen LogP contribution in [0.3, 0.4) is 0 Å². The monoisotopic (exact) mass is 341 g/mol. The van der Waals surface area contributed by atoms with Crippen molar-refractivity contribution in [2.24, 2.45) is 0 Å². The maximum atomic E-state index is 12.8. The van der Waals surface area contributed by atoms with Crippen LogP contribution < -0.4 is 19.5 Å². The Hall–Kier alpha value is -2.69. The second-order valence-corrected chi connectivity index (χ2v) is 6.39. The van der Waals surface area contributed by atoms with Crippen LogP contribution in [0.5, 0.6) is 17.2 Å². The number of ether oxygens (including phenoxy) is 3. The largest absolute Gasteiger partial charge is 0.494 e. The summed E-state index contributed by atoms with van der Waals surface area (Å²) in [5.41, 5.74) is 0.897. The van der Waals surface area contributed by atoms with E-state index in [2.05, 4.69) is 5.32 Å². The van der Waals surface area contributed by atoms with Crippen molar-refractivity contribution in [3.63, 3.8) is 0 Å². The fourth-order valence-corrected chi connectivity index (χ4v) is 2.65. The predicted octanol–water partition coefficient (Wildman–Crippen LogP) is 3.77. The Morgan fingerprint density at radius 2 is 1.76 bits per heavy atom. The number of nitrogens with one attached hydrogen (secondary N) is 1. The third-order valence-electron chi connectivity index (χ3n) is 4.25. The molecule has 1 heterocycles. The Balaban J connectivity index is 1.75. The van der Waals surface area contributed by atoms with Crippen molar-refractivity contribution in [2.75, 3.05) is 25.1 Å². The van der Waals surface area contributed by atoms with Gasteiger partial charge >= 0.3 is 0 Å². The topological polar surface area (TPSA) is 56.8 Å². The zero-order valence-corrected chi connectivity index (χ0v) is 14.8. The Labute approximate surface area is 147 Å². The van der Waals surface area contributed by atoms with Crippen LogP contribution in [0.2, 0.25) is 0 Å². The Bertz CT molecular complexity index is 753. The molecule has 0 fully saturated rings. The van der Waals surface area contributed by atoms with Gasteiger partial charge in [-0.05, 0) is 62.7 Å². The van der Waals surface area contributed by atoms with Gasteiger partial charge in [0.2, 0.25) is 5.91 Å². The average Bonchev–Trinajstić information content (AvgIpc) is 2.63. The molecule has 5 heteroatoms. The van der Waals surface area contributed by atoms with Crippen LogP contribution in [0.15, 0.2) is 42.5 Å². The summed E-state index contributed by atoms with van der Waals surface area (Å²) in [6.45, 7) is 7.40. The number of amides is 1. The molecule has 1 aliphatic heterocycles. The molecule has 1 aliphatic rings. The fourth-order valence-electron chi connectivity index (χ4n) is 2.65. The number of hydrogen-bond donors (Lipinski definition) is 1. The Kier molecular flexibility index (Phi) is 4.83. The second kappa shape index (κ2) is 7.05. The number of rotatable bonds is 5. The highest BCUT2D eigenvalue weighted by Gasteiger charge is 2.31. The van der Waals surface area contributed by atoms with Gasteiger partial charge in [-0.3, -0.25) is 4.79 Å². The molecule has 2 aromatic rings. The molecule has 0 unspecified atom stereocenters. The third kappa shape index (κ3) is 3.71. The SMILES string of the molecule is CCOc1ccc(NC(=O)C(C)(C)c2ccc3c(c2)OCCO3)cc1. The number of anilines is 1. The van der Waals surface area contributed by atoms with Crippen LogP contribution in [0, 0.1) is 0 Å². The van der Waals surface area contributed by atoms with Gasteiger partial charge in [0.15, 0.2) is 11.5 Å². The van der Waals surface area contributed by atoms with Gasteiger partial charge in [0, 0.05) is 5.69 Å². The molecule has 0 bridgehead atoms. The summed E-state index contributed by atoms with van der Waals surface area (Å²) in [6, 6.07) is 13.0. The molecule has 5 nitrogen and oxygen atoms in total. The maximum Gasteiger partial charge on any atom is 0.234 e. The smallest absolute Gasteiger partial charge is 0.234 e. The van der Waals surface area contributed by atoms with Crippen LogP contribution in [0.4, 0.5) is 5.69 Å². The van der Waals surface area contributed by atoms with E-state index in [4.69, 9.17) is 14.2 Å². The number of hydrogen-bond acceptors (Lipinski definition) is 4. The summed E-state index contributed by atoms with van der Waals surface area (Å²) >= 11 is 0. The molecule has 25 heavy (non-hydrogen) atoms. The van der Waals surface area contributed by atoms with Crippen molar-refractivity contribution in [1.82, 2.24) is 0 Å². The van der Waals surface area contributed by atoms with Gasteiger partial charge in [-0.2, -0.15) is 0 Å². The summed E-state index contributed by atoms with van der Waals surface area (Å²) in [5.74, 6) is 2.10. The Morgan fingerprint density at radius 1 is 1.08 bits per heavy atom. The number of fused-ring (bicyclic) bond motifs is 1. The highest BCUT2D eigenvalue weighted by molar-refractivity contribution is 5.98. The molecule has 3 rings (SSSR count). The van der Waals surface area contributed by atoms with Crippen molar-refractivity contribution in [3.05, 3.63) is 48.0 Å². The van der Waals surface area contributed by atoms with E-state index in [1.165, 1.54) is 0 Å². The molecule has 1 N–H and O–H groups in total. The van der Waals surface area contributed by atoms with Gasteiger partial charge in [-0.25, -0.2) is 0 Å². The van der Waals surface area contributed by atoms with Crippen molar-refractivity contribution < 1.29 is 19.0 Å². The minimum atomic E-state index is -0.714. The maximum absolute atomic E-state index is 12.8. The van der Waals surface area contributed by atoms with E-state index < -0.39 is 5.41 Å². The predicted molar refractivity (Wildman–Crippen MR) is 96.7 cm³/mol. The molecule has 0 aromatic heterocycles. The lowest BCUT2D eigenvalue weighted by Gasteiger charge is -2.26. The summed E-state index contributed by atoms with van der Waals surface area (Å²) in [6.07, 6.45) is 0. The van der Waals surface area contributed by atoms with E-state index >= 15 is 0 Å². The van der Waals surface area contributed by atoms with E-state index in [9.17, 15) is 4.79 Å². The van der Waals surface area contributed by atoms with Crippen LogP contribution in [-0.4, -0.2) is 25.7 Å². The molecule has 0 radical (unpaired) electrons. The van der Waals surface area contributed by atoms with Gasteiger partial charge in [0.05, 0.1) is 12.0 Å². The number of benzene rings is 2. The zero-order valence-electron chi connectivity index (χ0n) is 14.8. The molecule has 2 aromatic carbocycles. The van der Waals surface area contributed by atoms with Crippen LogP contribution in [-0.2, 0) is 10.2 Å². The van der Waals surface area contributed by atoms with Crippen molar-refractivity contribution in [3.8, 4) is 17.2 Å². The first-order chi connectivity index (χ1) is 12.0. The molecule has 0 saturated heterocycles. The first-order valence-electron chi connectivity index (χ1n) is 8.45. The van der Waals surface area contributed by atoms with E-state index in [1.807, 2.05) is 63.2 Å². The number of carbonyl (C=O) groups excluding carboxylic acids is 1. The molecule has 132 valence electrons. The number of carbonyl (C=O) groups is 1. The van der Waals surface area contributed by atoms with Crippen LogP contribution in [0.25, 0.3) is 0 Å². The van der Waals surface area contributed by atoms with Gasteiger partial charge < -0.3 is 19.5 Å². The first kappa shape index (κ1) is 17.1. The highest BCUT2D eigenvalue weighted by atomic mass is 16.6. The van der Waals surface area contributed by atoms with Gasteiger partial charge in [0.1, 0.15) is 19.0 Å². The summed E-state index contributed by atoms with van der Waals surface area (Å²) in [7, 11) is 0. The van der Waals surface area contributed by atoms with Gasteiger partial charge in [0.25, 0.3) is 0 Å². The first-order valence-corrected chi connectivity index (χ1v) is 8.45. The highest BCUT2D eigenvalue weighted by Crippen LogP contribution is 2.35. The molecule has 0 spiro atoms. The normalized spacial score (nSPS) is 13.2. The lowest BCUT2D eigenvalue weighted by atomic mass is 9.83. The van der Waals surface area contributed by atoms with Gasteiger partial charge in [-0.15, -0.1) is 0 Å². The van der Waals surface area contributed by atoms with Crippen molar-refractivity contribution >= 4 is 11.6 Å². The summed E-state index contributed by atoms with van der Waals surface area (Å²) in [5, 5.41) is 2.96. The molecule has 1 amide bonds. The minimum absolute atomic E-state index is 0.0895. The van der Waals surface area contributed by atoms with Crippen molar-refractivity contribution in [2.45, 2.75) is 26.2 Å². The standard InChI is InChI=1S/C20H23NO4/c1-4-23-16-8-6-15(7-9-16)21-19(22)20(2,3)14-5-10-17-18(13-14)25-12-11-24-17/h5-10,13H,4,11-12H2,1-3H3,(H,21,22). The summed E-state index contributed by atoms with van der Waals surface area (Å²) in [4.78, 5) is 12.8. The molecule has 0 saturated carbocycles. The molecular weight excluding hydrogens is 318 g/mol. The molecule has 0 atom stereocenters. The average molecular weight is 341 g/mol. The van der Waals surface area contributed by atoms with Crippen LogP contribution >= 0.6 is 0 Å². The van der Waals surface area contributed by atoms with E-state index in [1.54, 1.807) is 0 Å². The molecule has 0 aliphatic carbocycles. The van der Waals surface area contributed by atoms with Gasteiger partial charge in [-0.1, -0.05) is 6.07 Å². The second-order valence-electron chi connectivity index (χ2n) is 6.39. The minimum Gasteiger partial charge on any atom is -0.494 e. The fraction of sp³-hybridized carbons (Fsp3) is 0.350.